The number of allylic oxidation sites excluding steroid dienone is 1. The Morgan fingerprint density at radius 2 is 1.11 bits per heavy atom. The first-order valence-electron chi connectivity index (χ1n) is 19.7. The van der Waals surface area contributed by atoms with Crippen molar-refractivity contribution in [3.8, 4) is 33.4 Å². The lowest BCUT2D eigenvalue weighted by molar-refractivity contribution is -0.111. The minimum absolute atomic E-state index is 0.141. The van der Waals surface area contributed by atoms with Crippen molar-refractivity contribution in [1.29, 1.82) is 0 Å². The van der Waals surface area contributed by atoms with Crippen LogP contribution in [0.3, 0.4) is 0 Å². The van der Waals surface area contributed by atoms with Crippen LogP contribution < -0.4 is 0 Å². The van der Waals surface area contributed by atoms with Crippen LogP contribution in [-0.4, -0.2) is 5.78 Å². The molecule has 0 spiro atoms. The van der Waals surface area contributed by atoms with Crippen LogP contribution in [0.5, 0.6) is 0 Å². The molecular formula is C55H36O. The maximum atomic E-state index is 14.6. The molecule has 12 rings (SSSR count). The van der Waals surface area contributed by atoms with Gasteiger partial charge in [0.15, 0.2) is 5.78 Å². The van der Waals surface area contributed by atoms with Crippen molar-refractivity contribution in [2.75, 3.05) is 0 Å². The van der Waals surface area contributed by atoms with E-state index in [0.717, 1.165) is 22.3 Å². The second-order valence-corrected chi connectivity index (χ2v) is 15.9. The maximum absolute atomic E-state index is 14.6. The van der Waals surface area contributed by atoms with Crippen LogP contribution in [0.15, 0.2) is 188 Å². The van der Waals surface area contributed by atoms with Gasteiger partial charge in [0.1, 0.15) is 0 Å². The molecule has 3 aliphatic rings. The van der Waals surface area contributed by atoms with Crippen LogP contribution in [0.1, 0.15) is 52.1 Å². The van der Waals surface area contributed by atoms with E-state index in [9.17, 15) is 4.79 Å². The number of carbonyl (C=O) groups is 1. The van der Waals surface area contributed by atoms with Crippen molar-refractivity contribution < 1.29 is 4.79 Å². The third kappa shape index (κ3) is 4.23. The zero-order chi connectivity index (χ0) is 37.1. The van der Waals surface area contributed by atoms with Gasteiger partial charge in [-0.3, -0.25) is 4.79 Å². The summed E-state index contributed by atoms with van der Waals surface area (Å²) in [4.78, 5) is 14.6. The van der Waals surface area contributed by atoms with Crippen LogP contribution in [0.2, 0.25) is 0 Å². The number of benzene rings is 9. The van der Waals surface area contributed by atoms with E-state index >= 15 is 0 Å². The van der Waals surface area contributed by atoms with Gasteiger partial charge in [0.25, 0.3) is 0 Å². The highest BCUT2D eigenvalue weighted by atomic mass is 16.1. The molecule has 0 aromatic heterocycles. The molecule has 1 saturated carbocycles. The van der Waals surface area contributed by atoms with Crippen molar-refractivity contribution >= 4 is 44.2 Å². The van der Waals surface area contributed by atoms with Gasteiger partial charge >= 0.3 is 0 Å². The molecule has 1 fully saturated rings. The summed E-state index contributed by atoms with van der Waals surface area (Å²) >= 11 is 0. The van der Waals surface area contributed by atoms with Crippen molar-refractivity contribution in [3.63, 3.8) is 0 Å². The highest BCUT2D eigenvalue weighted by molar-refractivity contribution is 6.22. The summed E-state index contributed by atoms with van der Waals surface area (Å²) in [6.45, 7) is 2.26. The zero-order valence-corrected chi connectivity index (χ0v) is 31.0. The molecule has 3 unspecified atom stereocenters. The number of Topliss-reactive ketones (excluding diaryl/α,β-unsaturated/α-hetero) is 1. The lowest BCUT2D eigenvalue weighted by atomic mass is 9.80. The molecule has 3 aliphatic carbocycles. The topological polar surface area (TPSA) is 17.1 Å². The average Bonchev–Trinajstić information content (AvgIpc) is 3.77. The third-order valence-electron chi connectivity index (χ3n) is 13.1. The van der Waals surface area contributed by atoms with Crippen molar-refractivity contribution in [1.82, 2.24) is 0 Å². The fourth-order valence-electron chi connectivity index (χ4n) is 10.7. The van der Waals surface area contributed by atoms with E-state index in [-0.39, 0.29) is 11.8 Å². The van der Waals surface area contributed by atoms with Crippen LogP contribution in [0, 0.1) is 0 Å². The second kappa shape index (κ2) is 11.6. The van der Waals surface area contributed by atoms with E-state index in [4.69, 9.17) is 0 Å². The first-order chi connectivity index (χ1) is 27.6. The molecule has 3 atom stereocenters. The molecule has 0 saturated heterocycles. The van der Waals surface area contributed by atoms with Crippen LogP contribution >= 0.6 is 0 Å². The fraction of sp³-hybridized carbons (Fsp3) is 0.0727. The molecule has 262 valence electrons. The summed E-state index contributed by atoms with van der Waals surface area (Å²) in [5.74, 6) is 0.212. The molecule has 9 aromatic carbocycles. The van der Waals surface area contributed by atoms with Gasteiger partial charge < -0.3 is 0 Å². The lowest BCUT2D eigenvalue weighted by Crippen LogP contribution is -2.16. The minimum Gasteiger partial charge on any atom is -0.298 e. The largest absolute Gasteiger partial charge is 0.298 e. The number of ketones is 1. The van der Waals surface area contributed by atoms with Gasteiger partial charge in [0, 0.05) is 5.92 Å². The van der Waals surface area contributed by atoms with E-state index in [0.29, 0.717) is 5.78 Å². The molecule has 56 heavy (non-hydrogen) atoms. The van der Waals surface area contributed by atoms with Gasteiger partial charge in [0.2, 0.25) is 0 Å². The lowest BCUT2D eigenvalue weighted by Gasteiger charge is -2.22. The molecule has 0 N–H and O–H groups in total. The van der Waals surface area contributed by atoms with E-state index < -0.39 is 5.41 Å². The summed E-state index contributed by atoms with van der Waals surface area (Å²) in [6.07, 6.45) is 2.33. The normalized spacial score (nSPS) is 19.0. The number of hydrogen-bond acceptors (Lipinski definition) is 1. The average molecular weight is 713 g/mol. The monoisotopic (exact) mass is 712 g/mol. The Balaban J connectivity index is 1.12. The number of rotatable bonds is 4. The highest BCUT2D eigenvalue weighted by Gasteiger charge is 2.70. The second-order valence-electron chi connectivity index (χ2n) is 15.9. The quantitative estimate of drug-likeness (QED) is 0.166. The number of fused-ring (bicyclic) bond motifs is 8. The first-order valence-corrected chi connectivity index (χ1v) is 19.7. The fourth-order valence-corrected chi connectivity index (χ4v) is 10.7. The molecular weight excluding hydrogens is 677 g/mol. The molecule has 1 nitrogen and oxygen atoms in total. The Labute approximate surface area is 326 Å². The first kappa shape index (κ1) is 31.5. The Morgan fingerprint density at radius 3 is 1.91 bits per heavy atom. The Hall–Kier alpha value is -6.83. The molecule has 0 heterocycles. The summed E-state index contributed by atoms with van der Waals surface area (Å²) < 4.78 is 0. The minimum atomic E-state index is -0.677. The summed E-state index contributed by atoms with van der Waals surface area (Å²) in [7, 11) is 0. The number of hydrogen-bond donors (Lipinski definition) is 0. The summed E-state index contributed by atoms with van der Waals surface area (Å²) in [6, 6.07) is 66.3. The molecule has 0 bridgehead atoms. The highest BCUT2D eigenvalue weighted by Crippen LogP contribution is 2.67. The summed E-state index contributed by atoms with van der Waals surface area (Å²) in [5, 5.41) is 7.40. The van der Waals surface area contributed by atoms with E-state index in [1.165, 1.54) is 82.4 Å². The molecule has 9 aromatic rings. The van der Waals surface area contributed by atoms with Gasteiger partial charge in [-0.15, -0.1) is 0 Å². The van der Waals surface area contributed by atoms with Crippen LogP contribution in [0.25, 0.3) is 71.8 Å². The maximum Gasteiger partial charge on any atom is 0.158 e. The predicted molar refractivity (Wildman–Crippen MR) is 232 cm³/mol. The molecule has 0 aliphatic heterocycles. The van der Waals surface area contributed by atoms with Crippen LogP contribution in [0.4, 0.5) is 0 Å². The molecule has 0 radical (unpaired) electrons. The third-order valence-corrected chi connectivity index (χ3v) is 13.1. The van der Waals surface area contributed by atoms with Crippen molar-refractivity contribution in [2.45, 2.75) is 24.2 Å². The Kier molecular flexibility index (Phi) is 6.52. The van der Waals surface area contributed by atoms with Gasteiger partial charge in [-0.05, 0) is 118 Å². The smallest absolute Gasteiger partial charge is 0.158 e. The van der Waals surface area contributed by atoms with E-state index in [2.05, 4.69) is 189 Å². The zero-order valence-electron chi connectivity index (χ0n) is 31.0. The van der Waals surface area contributed by atoms with Crippen LogP contribution in [-0.2, 0) is 10.2 Å². The van der Waals surface area contributed by atoms with Gasteiger partial charge in [0.05, 0.1) is 11.3 Å². The number of carbonyl (C=O) groups excluding carboxylic acids is 1. The Morgan fingerprint density at radius 1 is 0.464 bits per heavy atom. The molecule has 0 amide bonds. The van der Waals surface area contributed by atoms with Crippen molar-refractivity contribution in [3.05, 3.63) is 221 Å². The Bertz CT molecular complexity index is 3170. The van der Waals surface area contributed by atoms with Gasteiger partial charge in [-0.2, -0.15) is 0 Å². The van der Waals surface area contributed by atoms with E-state index in [1.807, 2.05) is 6.07 Å². The standard InChI is InChI=1S/C55H36O/c1-33-29-39-17-12-22-48-52(39)49(33)45-28-26-38(32-47(45)53-54(56)55(48,53)41-18-6-3-7-19-41)37-25-27-44-46(31-37)51(40-24-23-34-13-8-9-16-36(34)30-40)43-21-11-10-20-42(43)50(44)35-14-4-2-5-15-35/h2-32,49,53H,1H3. The van der Waals surface area contributed by atoms with Crippen molar-refractivity contribution in [2.24, 2.45) is 0 Å². The summed E-state index contributed by atoms with van der Waals surface area (Å²) in [5.41, 5.74) is 15.1. The van der Waals surface area contributed by atoms with Gasteiger partial charge in [-0.25, -0.2) is 0 Å². The SMILES string of the molecule is CC1=Cc2cccc3c2C1c1ccc(-c2ccc4c(-c5ccccc5)c5ccccc5c(-c5ccc6ccccc6c5)c4c2)cc1C1C(=O)C31c1ccccc1. The van der Waals surface area contributed by atoms with E-state index in [1.54, 1.807) is 0 Å². The molecule has 1 heteroatoms. The van der Waals surface area contributed by atoms with Gasteiger partial charge in [-0.1, -0.05) is 182 Å². The predicted octanol–water partition coefficient (Wildman–Crippen LogP) is 13.7.